The van der Waals surface area contributed by atoms with Crippen LogP contribution in [0.4, 0.5) is 0 Å². The molecule has 1 fully saturated rings. The van der Waals surface area contributed by atoms with Gasteiger partial charge in [0.05, 0.1) is 18.3 Å². The lowest BCUT2D eigenvalue weighted by Gasteiger charge is -2.23. The largest absolute Gasteiger partial charge is 0.492 e. The van der Waals surface area contributed by atoms with Gasteiger partial charge in [-0.2, -0.15) is 0 Å². The lowest BCUT2D eigenvalue weighted by molar-refractivity contribution is 0.0941. The zero-order chi connectivity index (χ0) is 19.3. The molecule has 1 aliphatic rings. The molecule has 2 aromatic carbocycles. The molecule has 29 heavy (non-hydrogen) atoms. The summed E-state index contributed by atoms with van der Waals surface area (Å²) in [6.07, 6.45) is 2.01. The molecule has 2 N–H and O–H groups in total. The molecule has 0 radical (unpaired) electrons. The average molecular weight is 416 g/mol. The Labute approximate surface area is 176 Å². The molecule has 0 bridgehead atoms. The monoisotopic (exact) mass is 415 g/mol. The third kappa shape index (κ3) is 4.86. The molecular weight excluding hydrogens is 390 g/mol. The zero-order valence-corrected chi connectivity index (χ0v) is 17.2. The maximum absolute atomic E-state index is 12.5. The molecule has 1 amide bonds. The first-order valence-corrected chi connectivity index (χ1v) is 9.74. The summed E-state index contributed by atoms with van der Waals surface area (Å²) >= 11 is 0. The summed E-state index contributed by atoms with van der Waals surface area (Å²) in [6.45, 7) is 4.65. The van der Waals surface area contributed by atoms with Crippen molar-refractivity contribution in [3.05, 3.63) is 53.9 Å². The predicted molar refractivity (Wildman–Crippen MR) is 115 cm³/mol. The van der Waals surface area contributed by atoms with Gasteiger partial charge in [-0.1, -0.05) is 35.5 Å². The summed E-state index contributed by atoms with van der Waals surface area (Å²) in [7, 11) is 0. The quantitative estimate of drug-likeness (QED) is 0.605. The van der Waals surface area contributed by atoms with Crippen molar-refractivity contribution in [3.8, 4) is 5.75 Å². The number of ether oxygens (including phenoxy) is 1. The van der Waals surface area contributed by atoms with Crippen LogP contribution in [0, 0.1) is 6.92 Å². The number of amides is 1. The van der Waals surface area contributed by atoms with Gasteiger partial charge in [0.25, 0.3) is 5.91 Å². The summed E-state index contributed by atoms with van der Waals surface area (Å²) < 4.78 is 7.66. The maximum atomic E-state index is 12.5. The van der Waals surface area contributed by atoms with Crippen LogP contribution in [0.3, 0.4) is 0 Å². The van der Waals surface area contributed by atoms with E-state index in [1.807, 2.05) is 41.9 Å². The number of benzene rings is 2. The van der Waals surface area contributed by atoms with E-state index in [0.717, 1.165) is 42.8 Å². The summed E-state index contributed by atoms with van der Waals surface area (Å²) in [5.74, 6) is 0.584. The highest BCUT2D eigenvalue weighted by Crippen LogP contribution is 2.21. The molecule has 1 aliphatic heterocycles. The van der Waals surface area contributed by atoms with Crippen molar-refractivity contribution in [1.82, 2.24) is 25.6 Å². The van der Waals surface area contributed by atoms with E-state index in [-0.39, 0.29) is 18.3 Å². The third-order valence-electron chi connectivity index (χ3n) is 5.17. The first kappa shape index (κ1) is 21.1. The summed E-state index contributed by atoms with van der Waals surface area (Å²) in [4.78, 5) is 12.5. The van der Waals surface area contributed by atoms with Gasteiger partial charge in [-0.05, 0) is 55.8 Å². The van der Waals surface area contributed by atoms with Crippen molar-refractivity contribution in [2.45, 2.75) is 25.8 Å². The number of hydrogen-bond acceptors (Lipinski definition) is 5. The van der Waals surface area contributed by atoms with Crippen molar-refractivity contribution in [2.75, 3.05) is 26.2 Å². The van der Waals surface area contributed by atoms with Crippen LogP contribution in [-0.2, 0) is 0 Å². The Morgan fingerprint density at radius 1 is 1.21 bits per heavy atom. The highest BCUT2D eigenvalue weighted by Gasteiger charge is 2.22. The number of piperidine rings is 1. The van der Waals surface area contributed by atoms with E-state index in [0.29, 0.717) is 24.9 Å². The number of carbonyl (C=O) groups excluding carboxylic acids is 1. The van der Waals surface area contributed by atoms with E-state index < -0.39 is 0 Å². The molecule has 1 aromatic heterocycles. The van der Waals surface area contributed by atoms with Crippen LogP contribution in [0.15, 0.2) is 42.5 Å². The molecule has 8 heteroatoms. The Kier molecular flexibility index (Phi) is 7.06. The van der Waals surface area contributed by atoms with Crippen LogP contribution in [0.25, 0.3) is 10.8 Å². The number of hydrogen-bond donors (Lipinski definition) is 2. The molecule has 1 saturated heterocycles. The molecule has 2 heterocycles. The fraction of sp³-hybridized carbons (Fsp3) is 0.381. The van der Waals surface area contributed by atoms with Crippen molar-refractivity contribution in [3.63, 3.8) is 0 Å². The van der Waals surface area contributed by atoms with Crippen LogP contribution in [0.2, 0.25) is 0 Å². The van der Waals surface area contributed by atoms with Gasteiger partial charge in [0.1, 0.15) is 12.4 Å². The molecule has 7 nitrogen and oxygen atoms in total. The minimum absolute atomic E-state index is 0. The minimum Gasteiger partial charge on any atom is -0.492 e. The Morgan fingerprint density at radius 2 is 1.97 bits per heavy atom. The molecule has 0 unspecified atom stereocenters. The lowest BCUT2D eigenvalue weighted by Crippen LogP contribution is -2.31. The molecule has 0 spiro atoms. The highest BCUT2D eigenvalue weighted by atomic mass is 35.5. The van der Waals surface area contributed by atoms with Gasteiger partial charge in [-0.25, -0.2) is 4.68 Å². The first-order valence-electron chi connectivity index (χ1n) is 9.74. The molecular formula is C21H26ClN5O2. The molecule has 154 valence electrons. The van der Waals surface area contributed by atoms with Crippen molar-refractivity contribution >= 4 is 29.1 Å². The van der Waals surface area contributed by atoms with Crippen LogP contribution < -0.4 is 15.4 Å². The van der Waals surface area contributed by atoms with Crippen LogP contribution in [0.1, 0.15) is 35.1 Å². The lowest BCUT2D eigenvalue weighted by atomic mass is 10.1. The van der Waals surface area contributed by atoms with Gasteiger partial charge >= 0.3 is 0 Å². The predicted octanol–water partition coefficient (Wildman–Crippen LogP) is 2.89. The molecule has 0 atom stereocenters. The van der Waals surface area contributed by atoms with E-state index >= 15 is 0 Å². The Morgan fingerprint density at radius 3 is 2.76 bits per heavy atom. The zero-order valence-electron chi connectivity index (χ0n) is 16.4. The van der Waals surface area contributed by atoms with Gasteiger partial charge in [0.15, 0.2) is 5.69 Å². The Hall–Kier alpha value is -2.64. The molecule has 0 saturated carbocycles. The average Bonchev–Trinajstić information content (AvgIpc) is 3.13. The number of nitrogens with one attached hydrogen (secondary N) is 2. The van der Waals surface area contributed by atoms with Gasteiger partial charge in [0.2, 0.25) is 0 Å². The van der Waals surface area contributed by atoms with Gasteiger partial charge < -0.3 is 15.4 Å². The van der Waals surface area contributed by atoms with Crippen LogP contribution >= 0.6 is 12.4 Å². The second-order valence-electron chi connectivity index (χ2n) is 7.06. The van der Waals surface area contributed by atoms with Gasteiger partial charge in [-0.15, -0.1) is 17.5 Å². The minimum atomic E-state index is -0.209. The topological polar surface area (TPSA) is 81.1 Å². The fourth-order valence-electron chi connectivity index (χ4n) is 3.62. The summed E-state index contributed by atoms with van der Waals surface area (Å²) in [5, 5.41) is 16.8. The Bertz CT molecular complexity index is 969. The van der Waals surface area contributed by atoms with Gasteiger partial charge in [-0.3, -0.25) is 4.79 Å². The van der Waals surface area contributed by atoms with E-state index in [9.17, 15) is 4.79 Å². The maximum Gasteiger partial charge on any atom is 0.273 e. The van der Waals surface area contributed by atoms with Crippen molar-refractivity contribution in [1.29, 1.82) is 0 Å². The fourth-order valence-corrected chi connectivity index (χ4v) is 3.62. The summed E-state index contributed by atoms with van der Waals surface area (Å²) in [6, 6.07) is 14.4. The number of nitrogens with zero attached hydrogens (tertiary/aromatic N) is 3. The number of halogens is 1. The second-order valence-corrected chi connectivity index (χ2v) is 7.06. The Balaban J connectivity index is 0.00000240. The molecule has 3 aromatic rings. The second kappa shape index (κ2) is 9.71. The molecule has 0 aliphatic carbocycles. The smallest absolute Gasteiger partial charge is 0.273 e. The van der Waals surface area contributed by atoms with Crippen molar-refractivity contribution in [2.24, 2.45) is 0 Å². The number of aromatic nitrogens is 3. The van der Waals surface area contributed by atoms with Crippen LogP contribution in [0.5, 0.6) is 5.75 Å². The number of fused-ring (bicyclic) bond motifs is 1. The third-order valence-corrected chi connectivity index (χ3v) is 5.17. The van der Waals surface area contributed by atoms with Crippen LogP contribution in [-0.4, -0.2) is 47.1 Å². The summed E-state index contributed by atoms with van der Waals surface area (Å²) in [5.41, 5.74) is 1.21. The van der Waals surface area contributed by atoms with E-state index in [1.54, 1.807) is 0 Å². The van der Waals surface area contributed by atoms with E-state index in [1.165, 1.54) is 5.39 Å². The van der Waals surface area contributed by atoms with Crippen molar-refractivity contribution < 1.29 is 9.53 Å². The normalized spacial score (nSPS) is 14.4. The standard InChI is InChI=1S/C21H25N5O2.ClH/c1-15-20(24-25-26(15)18-8-10-22-11-9-18)21(27)23-12-13-28-19-7-6-16-4-2-3-5-17(16)14-19;/h2-7,14,18,22H,8-13H2,1H3,(H,23,27);1H. The number of rotatable bonds is 6. The first-order chi connectivity index (χ1) is 13.7. The van der Waals surface area contributed by atoms with Gasteiger partial charge in [0, 0.05) is 0 Å². The highest BCUT2D eigenvalue weighted by molar-refractivity contribution is 5.93. The number of carbonyl (C=O) groups is 1. The van der Waals surface area contributed by atoms with E-state index in [4.69, 9.17) is 4.74 Å². The molecule has 4 rings (SSSR count). The van der Waals surface area contributed by atoms with E-state index in [2.05, 4.69) is 33.1 Å². The SMILES string of the molecule is Cc1c(C(=O)NCCOc2ccc3ccccc3c2)nnn1C1CCNCC1.Cl.